The van der Waals surface area contributed by atoms with E-state index < -0.39 is 0 Å². The van der Waals surface area contributed by atoms with Gasteiger partial charge in [0.15, 0.2) is 0 Å². The molecule has 1 saturated heterocycles. The van der Waals surface area contributed by atoms with Crippen LogP contribution in [0.4, 0.5) is 0 Å². The van der Waals surface area contributed by atoms with Crippen LogP contribution in [0.1, 0.15) is 26.7 Å². The smallest absolute Gasteiger partial charge is 0.232 e. The van der Waals surface area contributed by atoms with Crippen molar-refractivity contribution in [3.05, 3.63) is 0 Å². The fraction of sp³-hybridized carbons (Fsp3) is 0.929. The van der Waals surface area contributed by atoms with Crippen molar-refractivity contribution in [1.29, 1.82) is 0 Å². The highest BCUT2D eigenvalue weighted by atomic mass is 32.2. The number of rotatable bonds is 8. The van der Waals surface area contributed by atoms with Gasteiger partial charge in [0, 0.05) is 25.4 Å². The van der Waals surface area contributed by atoms with E-state index >= 15 is 0 Å². The molecule has 2 N–H and O–H groups in total. The minimum Gasteiger partial charge on any atom is -0.342 e. The van der Waals surface area contributed by atoms with E-state index in [1.54, 1.807) is 11.8 Å². The van der Waals surface area contributed by atoms with Crippen LogP contribution >= 0.6 is 11.8 Å². The lowest BCUT2D eigenvalue weighted by Crippen LogP contribution is -2.41. The summed E-state index contributed by atoms with van der Waals surface area (Å²) in [6.45, 7) is 10.2. The summed E-state index contributed by atoms with van der Waals surface area (Å²) in [5.41, 5.74) is 5.67. The van der Waals surface area contributed by atoms with E-state index in [9.17, 15) is 4.79 Å². The summed E-state index contributed by atoms with van der Waals surface area (Å²) in [5.74, 6) is 2.61. The summed E-state index contributed by atoms with van der Waals surface area (Å²) in [6, 6.07) is 0. The monoisotopic (exact) mass is 287 g/mol. The second kappa shape index (κ2) is 9.61. The van der Waals surface area contributed by atoms with Crippen molar-refractivity contribution in [2.24, 2.45) is 11.7 Å². The van der Waals surface area contributed by atoms with Gasteiger partial charge in [0.25, 0.3) is 0 Å². The molecule has 1 rings (SSSR count). The molecular formula is C14H29N3OS. The zero-order valence-electron chi connectivity index (χ0n) is 12.4. The number of likely N-dealkylation sites (tertiary alicyclic amines) is 1. The van der Waals surface area contributed by atoms with Crippen LogP contribution < -0.4 is 5.73 Å². The van der Waals surface area contributed by atoms with Crippen LogP contribution in [0.3, 0.4) is 0 Å². The largest absolute Gasteiger partial charge is 0.342 e. The van der Waals surface area contributed by atoms with E-state index in [0.717, 1.165) is 57.9 Å². The third kappa shape index (κ3) is 6.15. The first-order valence-electron chi connectivity index (χ1n) is 7.49. The van der Waals surface area contributed by atoms with E-state index in [2.05, 4.69) is 18.7 Å². The molecule has 19 heavy (non-hydrogen) atoms. The van der Waals surface area contributed by atoms with Crippen molar-refractivity contribution in [2.75, 3.05) is 50.8 Å². The number of hydrogen-bond donors (Lipinski definition) is 1. The van der Waals surface area contributed by atoms with Gasteiger partial charge in [0.2, 0.25) is 5.91 Å². The highest BCUT2D eigenvalue weighted by Crippen LogP contribution is 2.16. The molecule has 112 valence electrons. The average molecular weight is 287 g/mol. The molecule has 1 aliphatic heterocycles. The van der Waals surface area contributed by atoms with E-state index in [4.69, 9.17) is 5.73 Å². The SMILES string of the molecule is CCN(CC)CCSCC(=O)N1CCC(CN)CC1. The maximum Gasteiger partial charge on any atom is 0.232 e. The Hall–Kier alpha value is -0.260. The first-order chi connectivity index (χ1) is 9.21. The molecule has 0 aromatic heterocycles. The van der Waals surface area contributed by atoms with Crippen LogP contribution in [0.15, 0.2) is 0 Å². The first kappa shape index (κ1) is 16.8. The molecule has 5 heteroatoms. The molecule has 0 aliphatic carbocycles. The molecule has 0 bridgehead atoms. The molecule has 0 unspecified atom stereocenters. The Balaban J connectivity index is 2.11. The van der Waals surface area contributed by atoms with Crippen LogP contribution in [0.5, 0.6) is 0 Å². The van der Waals surface area contributed by atoms with E-state index in [1.807, 2.05) is 4.90 Å². The second-order valence-corrected chi connectivity index (χ2v) is 6.24. The van der Waals surface area contributed by atoms with Gasteiger partial charge in [-0.3, -0.25) is 4.79 Å². The van der Waals surface area contributed by atoms with Crippen LogP contribution in [0, 0.1) is 5.92 Å². The number of nitrogens with zero attached hydrogens (tertiary/aromatic N) is 2. The molecular weight excluding hydrogens is 258 g/mol. The predicted molar refractivity (Wildman–Crippen MR) is 83.5 cm³/mol. The van der Waals surface area contributed by atoms with Gasteiger partial charge in [-0.15, -0.1) is 0 Å². The molecule has 0 aromatic rings. The summed E-state index contributed by atoms with van der Waals surface area (Å²) in [7, 11) is 0. The Morgan fingerprint density at radius 3 is 2.47 bits per heavy atom. The summed E-state index contributed by atoms with van der Waals surface area (Å²) in [6.07, 6.45) is 2.15. The normalized spacial score (nSPS) is 17.2. The zero-order valence-corrected chi connectivity index (χ0v) is 13.3. The van der Waals surface area contributed by atoms with E-state index in [-0.39, 0.29) is 0 Å². The first-order valence-corrected chi connectivity index (χ1v) is 8.64. The predicted octanol–water partition coefficient (Wildman–Crippen LogP) is 1.26. The van der Waals surface area contributed by atoms with Gasteiger partial charge in [0.1, 0.15) is 0 Å². The quantitative estimate of drug-likeness (QED) is 0.683. The maximum atomic E-state index is 12.0. The summed E-state index contributed by atoms with van der Waals surface area (Å²) < 4.78 is 0. The minimum atomic E-state index is 0.306. The molecule has 0 aromatic carbocycles. The number of hydrogen-bond acceptors (Lipinski definition) is 4. The van der Waals surface area contributed by atoms with E-state index in [1.165, 1.54) is 0 Å². The Morgan fingerprint density at radius 2 is 1.95 bits per heavy atom. The van der Waals surface area contributed by atoms with Gasteiger partial charge < -0.3 is 15.5 Å². The molecule has 1 fully saturated rings. The molecule has 1 heterocycles. The fourth-order valence-corrected chi connectivity index (χ4v) is 3.29. The van der Waals surface area contributed by atoms with Gasteiger partial charge in [-0.1, -0.05) is 13.8 Å². The lowest BCUT2D eigenvalue weighted by molar-refractivity contribution is -0.129. The van der Waals surface area contributed by atoms with Crippen molar-refractivity contribution < 1.29 is 4.79 Å². The lowest BCUT2D eigenvalue weighted by Gasteiger charge is -2.31. The average Bonchev–Trinajstić information content (AvgIpc) is 2.47. The summed E-state index contributed by atoms with van der Waals surface area (Å²) in [5, 5.41) is 0. The minimum absolute atomic E-state index is 0.306. The number of nitrogens with two attached hydrogens (primary N) is 1. The molecule has 0 spiro atoms. The number of carbonyl (C=O) groups excluding carboxylic acids is 1. The second-order valence-electron chi connectivity index (χ2n) is 5.14. The van der Waals surface area contributed by atoms with Crippen LogP contribution in [0.2, 0.25) is 0 Å². The standard InChI is InChI=1S/C14H29N3OS/c1-3-16(4-2)9-10-19-12-14(18)17-7-5-13(11-15)6-8-17/h13H,3-12,15H2,1-2H3. The van der Waals surface area contributed by atoms with Crippen molar-refractivity contribution in [3.8, 4) is 0 Å². The highest BCUT2D eigenvalue weighted by molar-refractivity contribution is 7.99. The third-order valence-corrected chi connectivity index (χ3v) is 4.89. The molecule has 0 saturated carbocycles. The zero-order chi connectivity index (χ0) is 14.1. The lowest BCUT2D eigenvalue weighted by atomic mass is 9.97. The summed E-state index contributed by atoms with van der Waals surface area (Å²) >= 11 is 1.76. The molecule has 1 aliphatic rings. The summed E-state index contributed by atoms with van der Waals surface area (Å²) in [4.78, 5) is 16.4. The Labute approximate surface area is 122 Å². The van der Waals surface area contributed by atoms with Gasteiger partial charge in [0.05, 0.1) is 5.75 Å². The molecule has 4 nitrogen and oxygen atoms in total. The fourth-order valence-electron chi connectivity index (χ4n) is 2.40. The number of thioether (sulfide) groups is 1. The van der Waals surface area contributed by atoms with Crippen molar-refractivity contribution >= 4 is 17.7 Å². The highest BCUT2D eigenvalue weighted by Gasteiger charge is 2.21. The third-order valence-electron chi connectivity index (χ3n) is 3.97. The number of carbonyl (C=O) groups is 1. The molecule has 0 atom stereocenters. The van der Waals surface area contributed by atoms with Crippen molar-refractivity contribution in [1.82, 2.24) is 9.80 Å². The Morgan fingerprint density at radius 1 is 1.32 bits per heavy atom. The van der Waals surface area contributed by atoms with Gasteiger partial charge in [-0.25, -0.2) is 0 Å². The molecule has 0 radical (unpaired) electrons. The van der Waals surface area contributed by atoms with Crippen LogP contribution in [-0.2, 0) is 4.79 Å². The number of piperidine rings is 1. The van der Waals surface area contributed by atoms with Crippen molar-refractivity contribution in [2.45, 2.75) is 26.7 Å². The maximum absolute atomic E-state index is 12.0. The van der Waals surface area contributed by atoms with Gasteiger partial charge in [-0.2, -0.15) is 11.8 Å². The number of amides is 1. The van der Waals surface area contributed by atoms with Gasteiger partial charge in [-0.05, 0) is 38.4 Å². The topological polar surface area (TPSA) is 49.6 Å². The molecule has 1 amide bonds. The van der Waals surface area contributed by atoms with Gasteiger partial charge >= 0.3 is 0 Å². The Kier molecular flexibility index (Phi) is 8.50. The van der Waals surface area contributed by atoms with E-state index in [0.29, 0.717) is 17.6 Å². The van der Waals surface area contributed by atoms with Crippen LogP contribution in [-0.4, -0.2) is 66.5 Å². The van der Waals surface area contributed by atoms with Crippen molar-refractivity contribution in [3.63, 3.8) is 0 Å². The van der Waals surface area contributed by atoms with Crippen LogP contribution in [0.25, 0.3) is 0 Å². The Bertz CT molecular complexity index is 251.